The van der Waals surface area contributed by atoms with Crippen molar-refractivity contribution in [2.24, 2.45) is 11.3 Å². The normalized spacial score (nSPS) is 22.0. The monoisotopic (exact) mass is 547 g/mol. The molecule has 4 aromatic rings. The molecule has 0 bridgehead atoms. The number of aromatic nitrogens is 2. The molecule has 206 valence electrons. The van der Waals surface area contributed by atoms with Crippen LogP contribution in [0.15, 0.2) is 79.1 Å². The SMILES string of the molecule is O=C(NC1CC2(C1)CC(C(=O)OCc1ccccc1)C2)c1cnn2cccc(Cc3ccc(C(F)(F)F)cc3)c12. The Balaban J connectivity index is 1.05. The third-order valence-electron chi connectivity index (χ3n) is 8.15. The summed E-state index contributed by atoms with van der Waals surface area (Å²) in [6.45, 7) is 0.280. The van der Waals surface area contributed by atoms with Crippen molar-refractivity contribution in [3.05, 3.63) is 107 Å². The van der Waals surface area contributed by atoms with Crippen LogP contribution in [0.25, 0.3) is 5.52 Å². The van der Waals surface area contributed by atoms with Crippen LogP contribution in [-0.4, -0.2) is 27.5 Å². The number of fused-ring (bicyclic) bond motifs is 1. The van der Waals surface area contributed by atoms with Crippen molar-refractivity contribution in [2.45, 2.75) is 50.9 Å². The topological polar surface area (TPSA) is 72.7 Å². The van der Waals surface area contributed by atoms with E-state index in [2.05, 4.69) is 10.4 Å². The number of hydrogen-bond donors (Lipinski definition) is 1. The van der Waals surface area contributed by atoms with Crippen LogP contribution in [0.1, 0.15) is 58.3 Å². The van der Waals surface area contributed by atoms with E-state index in [4.69, 9.17) is 4.74 Å². The van der Waals surface area contributed by atoms with E-state index < -0.39 is 11.7 Å². The largest absolute Gasteiger partial charge is 0.461 e. The molecule has 0 atom stereocenters. The number of alkyl halides is 3. The van der Waals surface area contributed by atoms with Crippen molar-refractivity contribution < 1.29 is 27.5 Å². The smallest absolute Gasteiger partial charge is 0.416 e. The number of carbonyl (C=O) groups excluding carboxylic acids is 2. The Morgan fingerprint density at radius 1 is 0.950 bits per heavy atom. The van der Waals surface area contributed by atoms with Gasteiger partial charge in [-0.15, -0.1) is 0 Å². The summed E-state index contributed by atoms with van der Waals surface area (Å²) < 4.78 is 45.9. The van der Waals surface area contributed by atoms with Gasteiger partial charge < -0.3 is 10.1 Å². The first-order chi connectivity index (χ1) is 19.2. The molecule has 0 radical (unpaired) electrons. The van der Waals surface area contributed by atoms with E-state index in [-0.39, 0.29) is 35.9 Å². The Bertz CT molecular complexity index is 1530. The van der Waals surface area contributed by atoms with Gasteiger partial charge in [0.15, 0.2) is 0 Å². The second-order valence-electron chi connectivity index (χ2n) is 11.0. The minimum Gasteiger partial charge on any atom is -0.461 e. The van der Waals surface area contributed by atoms with Crippen LogP contribution in [0.4, 0.5) is 13.2 Å². The van der Waals surface area contributed by atoms with Gasteiger partial charge in [-0.2, -0.15) is 18.3 Å². The Morgan fingerprint density at radius 3 is 2.38 bits per heavy atom. The molecule has 0 saturated heterocycles. The predicted octanol–water partition coefficient (Wildman–Crippen LogP) is 5.98. The molecule has 40 heavy (non-hydrogen) atoms. The summed E-state index contributed by atoms with van der Waals surface area (Å²) in [5.74, 6) is -0.477. The van der Waals surface area contributed by atoms with E-state index in [0.717, 1.165) is 48.9 Å². The third-order valence-corrected chi connectivity index (χ3v) is 8.15. The van der Waals surface area contributed by atoms with Crippen molar-refractivity contribution in [1.29, 1.82) is 0 Å². The van der Waals surface area contributed by atoms with E-state index in [1.807, 2.05) is 36.4 Å². The number of halogens is 3. The molecular weight excluding hydrogens is 519 g/mol. The zero-order valence-corrected chi connectivity index (χ0v) is 21.7. The number of nitrogens with one attached hydrogen (secondary N) is 1. The molecule has 2 fully saturated rings. The summed E-state index contributed by atoms with van der Waals surface area (Å²) in [5.41, 5.74) is 2.93. The van der Waals surface area contributed by atoms with Crippen LogP contribution >= 0.6 is 0 Å². The van der Waals surface area contributed by atoms with E-state index in [9.17, 15) is 22.8 Å². The third kappa shape index (κ3) is 5.20. The Hall–Kier alpha value is -4.14. The highest BCUT2D eigenvalue weighted by molar-refractivity contribution is 6.01. The molecule has 2 saturated carbocycles. The summed E-state index contributed by atoms with van der Waals surface area (Å²) in [6.07, 6.45) is 2.44. The molecule has 2 aromatic carbocycles. The number of esters is 1. The van der Waals surface area contributed by atoms with Gasteiger partial charge in [-0.3, -0.25) is 9.59 Å². The fraction of sp³-hybridized carbons (Fsp3) is 0.323. The number of carbonyl (C=O) groups is 2. The number of benzene rings is 2. The number of rotatable bonds is 7. The lowest BCUT2D eigenvalue weighted by atomic mass is 9.50. The van der Waals surface area contributed by atoms with E-state index in [1.54, 1.807) is 16.8 Å². The lowest BCUT2D eigenvalue weighted by Gasteiger charge is -2.56. The molecule has 0 aliphatic heterocycles. The second kappa shape index (κ2) is 10.1. The summed E-state index contributed by atoms with van der Waals surface area (Å²) >= 11 is 0. The minimum atomic E-state index is -4.39. The maximum atomic E-state index is 13.2. The Labute approximate surface area is 229 Å². The number of amides is 1. The highest BCUT2D eigenvalue weighted by Gasteiger charge is 2.55. The zero-order valence-electron chi connectivity index (χ0n) is 21.7. The Morgan fingerprint density at radius 2 is 1.68 bits per heavy atom. The molecule has 2 heterocycles. The average molecular weight is 548 g/mol. The van der Waals surface area contributed by atoms with Gasteiger partial charge in [-0.05, 0) is 72.4 Å². The summed E-state index contributed by atoms with van der Waals surface area (Å²) in [5, 5.41) is 7.43. The number of pyridine rings is 1. The van der Waals surface area contributed by atoms with E-state index in [1.165, 1.54) is 18.3 Å². The first-order valence-electron chi connectivity index (χ1n) is 13.3. The molecular formula is C31H28F3N3O3. The highest BCUT2D eigenvalue weighted by atomic mass is 19.4. The molecule has 2 aliphatic rings. The average Bonchev–Trinajstić information content (AvgIpc) is 3.34. The fourth-order valence-electron chi connectivity index (χ4n) is 6.14. The molecule has 2 aliphatic carbocycles. The van der Waals surface area contributed by atoms with Crippen molar-refractivity contribution in [3.63, 3.8) is 0 Å². The predicted molar refractivity (Wildman–Crippen MR) is 141 cm³/mol. The van der Waals surface area contributed by atoms with Gasteiger partial charge in [-0.25, -0.2) is 4.52 Å². The van der Waals surface area contributed by atoms with Crippen LogP contribution in [0.2, 0.25) is 0 Å². The van der Waals surface area contributed by atoms with Crippen LogP contribution in [-0.2, 0) is 28.7 Å². The number of hydrogen-bond acceptors (Lipinski definition) is 4. The van der Waals surface area contributed by atoms with Crippen molar-refractivity contribution in [1.82, 2.24) is 14.9 Å². The molecule has 9 heteroatoms. The van der Waals surface area contributed by atoms with Gasteiger partial charge in [0.05, 0.1) is 28.8 Å². The number of ether oxygens (including phenoxy) is 1. The van der Waals surface area contributed by atoms with Gasteiger partial charge >= 0.3 is 12.1 Å². The van der Waals surface area contributed by atoms with E-state index in [0.29, 0.717) is 23.1 Å². The second-order valence-corrected chi connectivity index (χ2v) is 11.0. The standard InChI is InChI=1S/C31H28F3N3O3/c32-31(33,34)24-10-8-20(9-11-24)13-22-7-4-12-37-27(22)26(18-35-37)28(38)36-25-16-30(17-25)14-23(15-30)29(39)40-19-21-5-2-1-3-6-21/h1-12,18,23,25H,13-17,19H2,(H,36,38). The molecule has 0 unspecified atom stereocenters. The molecule has 6 nitrogen and oxygen atoms in total. The van der Waals surface area contributed by atoms with Crippen molar-refractivity contribution in [3.8, 4) is 0 Å². The van der Waals surface area contributed by atoms with Gasteiger partial charge in [0.2, 0.25) is 0 Å². The van der Waals surface area contributed by atoms with Crippen molar-refractivity contribution in [2.75, 3.05) is 0 Å². The van der Waals surface area contributed by atoms with Gasteiger partial charge in [0, 0.05) is 12.2 Å². The lowest BCUT2D eigenvalue weighted by molar-refractivity contribution is -0.163. The maximum absolute atomic E-state index is 13.2. The van der Waals surface area contributed by atoms with Crippen LogP contribution < -0.4 is 5.32 Å². The molecule has 2 aromatic heterocycles. The quantitative estimate of drug-likeness (QED) is 0.289. The van der Waals surface area contributed by atoms with Crippen LogP contribution in [0.3, 0.4) is 0 Å². The van der Waals surface area contributed by atoms with Gasteiger partial charge in [0.25, 0.3) is 5.91 Å². The first-order valence-corrected chi connectivity index (χ1v) is 13.3. The maximum Gasteiger partial charge on any atom is 0.416 e. The number of nitrogens with zero attached hydrogens (tertiary/aromatic N) is 2. The van der Waals surface area contributed by atoms with Crippen LogP contribution in [0, 0.1) is 11.3 Å². The summed E-state index contributed by atoms with van der Waals surface area (Å²) in [6, 6.07) is 18.3. The van der Waals surface area contributed by atoms with Crippen molar-refractivity contribution >= 4 is 17.4 Å². The molecule has 6 rings (SSSR count). The molecule has 1 amide bonds. The van der Waals surface area contributed by atoms with Gasteiger partial charge in [-0.1, -0.05) is 48.5 Å². The zero-order chi connectivity index (χ0) is 27.9. The van der Waals surface area contributed by atoms with Gasteiger partial charge in [0.1, 0.15) is 6.61 Å². The molecule has 1 spiro atoms. The fourth-order valence-corrected chi connectivity index (χ4v) is 6.14. The molecule has 1 N–H and O–H groups in total. The van der Waals surface area contributed by atoms with E-state index >= 15 is 0 Å². The lowest BCUT2D eigenvalue weighted by Crippen LogP contribution is -2.57. The summed E-state index contributed by atoms with van der Waals surface area (Å²) in [7, 11) is 0. The van der Waals surface area contributed by atoms with Crippen LogP contribution in [0.5, 0.6) is 0 Å². The minimum absolute atomic E-state index is 0.0193. The Kier molecular flexibility index (Phi) is 6.60. The summed E-state index contributed by atoms with van der Waals surface area (Å²) in [4.78, 5) is 25.7. The first kappa shape index (κ1) is 26.1. The highest BCUT2D eigenvalue weighted by Crippen LogP contribution is 2.59.